The summed E-state index contributed by atoms with van der Waals surface area (Å²) < 4.78 is 0. The molecule has 0 aliphatic heterocycles. The summed E-state index contributed by atoms with van der Waals surface area (Å²) in [4.78, 5) is 11.4. The molecule has 0 bridgehead atoms. The van der Waals surface area contributed by atoms with Crippen molar-refractivity contribution in [3.05, 3.63) is 12.4 Å². The molecule has 1 aromatic heterocycles. The van der Waals surface area contributed by atoms with Crippen LogP contribution in [0.3, 0.4) is 0 Å². The van der Waals surface area contributed by atoms with E-state index >= 15 is 0 Å². The quantitative estimate of drug-likeness (QED) is 0.640. The highest BCUT2D eigenvalue weighted by atomic mass is 35.5. The van der Waals surface area contributed by atoms with E-state index in [9.17, 15) is 4.79 Å². The van der Waals surface area contributed by atoms with E-state index < -0.39 is 0 Å². The Morgan fingerprint density at radius 2 is 2.12 bits per heavy atom. The number of unbranched alkanes of at least 4 members (excludes halogenated alkanes) is 3. The first-order valence-corrected chi connectivity index (χ1v) is 5.31. The van der Waals surface area contributed by atoms with Crippen LogP contribution in [0, 0.1) is 0 Å². The van der Waals surface area contributed by atoms with Gasteiger partial charge in [0.25, 0.3) is 0 Å². The van der Waals surface area contributed by atoms with Crippen LogP contribution >= 0.6 is 12.4 Å². The number of hydrogen-bond donors (Lipinski definition) is 3. The molecule has 0 spiro atoms. The monoisotopic (exact) mass is 246 g/mol. The maximum Gasteiger partial charge on any atom is 0.224 e. The molecule has 4 N–H and O–H groups in total. The van der Waals surface area contributed by atoms with Crippen LogP contribution in [0.25, 0.3) is 0 Å². The predicted octanol–water partition coefficient (Wildman–Crippen LogP) is 1.68. The Morgan fingerprint density at radius 3 is 2.75 bits per heavy atom. The van der Waals surface area contributed by atoms with Gasteiger partial charge in [-0.3, -0.25) is 9.89 Å². The lowest BCUT2D eigenvalue weighted by molar-refractivity contribution is -0.116. The van der Waals surface area contributed by atoms with Gasteiger partial charge >= 0.3 is 0 Å². The highest BCUT2D eigenvalue weighted by molar-refractivity contribution is 5.90. The van der Waals surface area contributed by atoms with Crippen LogP contribution in [-0.2, 0) is 4.79 Å². The highest BCUT2D eigenvalue weighted by Crippen LogP contribution is 2.06. The second-order valence-electron chi connectivity index (χ2n) is 3.49. The highest BCUT2D eigenvalue weighted by Gasteiger charge is 2.02. The van der Waals surface area contributed by atoms with Crippen molar-refractivity contribution in [3.63, 3.8) is 0 Å². The average molecular weight is 247 g/mol. The molecule has 6 heteroatoms. The number of hydrogen-bond acceptors (Lipinski definition) is 3. The number of carbonyl (C=O) groups is 1. The Kier molecular flexibility index (Phi) is 8.56. The summed E-state index contributed by atoms with van der Waals surface area (Å²) in [7, 11) is 0. The largest absolute Gasteiger partial charge is 0.330 e. The van der Waals surface area contributed by atoms with Gasteiger partial charge < -0.3 is 11.1 Å². The Bertz CT molecular complexity index is 276. The van der Waals surface area contributed by atoms with E-state index in [2.05, 4.69) is 15.5 Å². The summed E-state index contributed by atoms with van der Waals surface area (Å²) in [6.45, 7) is 0.737. The van der Waals surface area contributed by atoms with Crippen LogP contribution in [0.15, 0.2) is 12.4 Å². The SMILES string of the molecule is Cl.NCCCCCCC(=O)Nc1cn[nH]c1. The number of rotatable bonds is 7. The van der Waals surface area contributed by atoms with Gasteiger partial charge in [0.1, 0.15) is 0 Å². The molecule has 0 aliphatic rings. The van der Waals surface area contributed by atoms with Crippen molar-refractivity contribution < 1.29 is 4.79 Å². The van der Waals surface area contributed by atoms with Gasteiger partial charge in [-0.1, -0.05) is 12.8 Å². The van der Waals surface area contributed by atoms with Crippen LogP contribution in [0.2, 0.25) is 0 Å². The summed E-state index contributed by atoms with van der Waals surface area (Å²) in [5.41, 5.74) is 6.10. The molecule has 0 saturated heterocycles. The zero-order valence-electron chi connectivity index (χ0n) is 9.24. The van der Waals surface area contributed by atoms with E-state index in [0.717, 1.165) is 37.9 Å². The zero-order chi connectivity index (χ0) is 10.9. The molecule has 0 aromatic carbocycles. The fourth-order valence-electron chi connectivity index (χ4n) is 1.33. The topological polar surface area (TPSA) is 83.8 Å². The number of nitrogens with zero attached hydrogens (tertiary/aromatic N) is 1. The van der Waals surface area contributed by atoms with E-state index in [1.54, 1.807) is 12.4 Å². The van der Waals surface area contributed by atoms with Crippen molar-refractivity contribution in [3.8, 4) is 0 Å². The standard InChI is InChI=1S/C10H18N4O.ClH/c11-6-4-2-1-3-5-10(15)14-9-7-12-13-8-9;/h7-8H,1-6,11H2,(H,12,13)(H,14,15);1H. The van der Waals surface area contributed by atoms with Crippen LogP contribution in [-0.4, -0.2) is 22.6 Å². The normalized spacial score (nSPS) is 9.56. The number of nitrogens with two attached hydrogens (primary N) is 1. The summed E-state index contributed by atoms with van der Waals surface area (Å²) in [5, 5.41) is 9.14. The van der Waals surface area contributed by atoms with Crippen molar-refractivity contribution >= 4 is 24.0 Å². The number of aromatic amines is 1. The van der Waals surface area contributed by atoms with Crippen LogP contribution < -0.4 is 11.1 Å². The molecule has 5 nitrogen and oxygen atoms in total. The zero-order valence-corrected chi connectivity index (χ0v) is 10.1. The van der Waals surface area contributed by atoms with E-state index in [4.69, 9.17) is 5.73 Å². The van der Waals surface area contributed by atoms with Gasteiger partial charge in [0.2, 0.25) is 5.91 Å². The lowest BCUT2D eigenvalue weighted by Gasteiger charge is -2.01. The maximum atomic E-state index is 11.4. The van der Waals surface area contributed by atoms with Crippen molar-refractivity contribution in [2.24, 2.45) is 5.73 Å². The van der Waals surface area contributed by atoms with Gasteiger partial charge in [-0.05, 0) is 19.4 Å². The Morgan fingerprint density at radius 1 is 1.38 bits per heavy atom. The van der Waals surface area contributed by atoms with Gasteiger partial charge in [-0.2, -0.15) is 5.10 Å². The molecular weight excluding hydrogens is 228 g/mol. The number of nitrogens with one attached hydrogen (secondary N) is 2. The fraction of sp³-hybridized carbons (Fsp3) is 0.600. The molecule has 16 heavy (non-hydrogen) atoms. The molecule has 0 fully saturated rings. The molecule has 0 unspecified atom stereocenters. The smallest absolute Gasteiger partial charge is 0.224 e. The summed E-state index contributed by atoms with van der Waals surface area (Å²) >= 11 is 0. The Labute approximate surface area is 102 Å². The van der Waals surface area contributed by atoms with Crippen LogP contribution in [0.4, 0.5) is 5.69 Å². The summed E-state index contributed by atoms with van der Waals surface area (Å²) in [5.74, 6) is 0.0455. The molecular formula is C10H19ClN4O. The van der Waals surface area contributed by atoms with E-state index in [0.29, 0.717) is 6.42 Å². The molecule has 1 heterocycles. The second-order valence-corrected chi connectivity index (χ2v) is 3.49. The molecule has 1 aromatic rings. The molecule has 0 saturated carbocycles. The number of aromatic nitrogens is 2. The predicted molar refractivity (Wildman–Crippen MR) is 66.6 cm³/mol. The number of halogens is 1. The summed E-state index contributed by atoms with van der Waals surface area (Å²) in [6, 6.07) is 0. The first-order valence-electron chi connectivity index (χ1n) is 5.31. The van der Waals surface area contributed by atoms with Gasteiger partial charge in [-0.25, -0.2) is 0 Å². The van der Waals surface area contributed by atoms with Crippen molar-refractivity contribution in [1.82, 2.24) is 10.2 Å². The minimum Gasteiger partial charge on any atom is -0.330 e. The Hall–Kier alpha value is -1.07. The first-order chi connectivity index (χ1) is 7.33. The summed E-state index contributed by atoms with van der Waals surface area (Å²) in [6.07, 6.45) is 7.95. The van der Waals surface area contributed by atoms with Crippen molar-refractivity contribution in [2.75, 3.05) is 11.9 Å². The number of anilines is 1. The van der Waals surface area contributed by atoms with E-state index in [1.165, 1.54) is 0 Å². The van der Waals surface area contributed by atoms with Crippen LogP contribution in [0.1, 0.15) is 32.1 Å². The van der Waals surface area contributed by atoms with Gasteiger partial charge in [0.15, 0.2) is 0 Å². The van der Waals surface area contributed by atoms with Crippen molar-refractivity contribution in [1.29, 1.82) is 0 Å². The minimum atomic E-state index is 0. The number of carbonyl (C=O) groups excluding carboxylic acids is 1. The molecule has 1 rings (SSSR count). The number of H-pyrrole nitrogens is 1. The van der Waals surface area contributed by atoms with Gasteiger partial charge in [-0.15, -0.1) is 12.4 Å². The lowest BCUT2D eigenvalue weighted by atomic mass is 10.1. The maximum absolute atomic E-state index is 11.4. The van der Waals surface area contributed by atoms with E-state index in [1.807, 2.05) is 0 Å². The van der Waals surface area contributed by atoms with Gasteiger partial charge in [0.05, 0.1) is 11.9 Å². The first kappa shape index (κ1) is 14.9. The molecule has 0 aliphatic carbocycles. The van der Waals surface area contributed by atoms with E-state index in [-0.39, 0.29) is 18.3 Å². The average Bonchev–Trinajstić information content (AvgIpc) is 2.70. The third-order valence-corrected chi connectivity index (χ3v) is 2.14. The molecule has 0 radical (unpaired) electrons. The Balaban J connectivity index is 0.00000225. The van der Waals surface area contributed by atoms with Gasteiger partial charge in [0, 0.05) is 12.6 Å². The van der Waals surface area contributed by atoms with Crippen LogP contribution in [0.5, 0.6) is 0 Å². The lowest BCUT2D eigenvalue weighted by Crippen LogP contribution is -2.10. The molecule has 92 valence electrons. The minimum absolute atomic E-state index is 0. The molecule has 0 atom stereocenters. The molecule has 1 amide bonds. The number of amides is 1. The fourth-order valence-corrected chi connectivity index (χ4v) is 1.33. The third kappa shape index (κ3) is 6.42. The third-order valence-electron chi connectivity index (χ3n) is 2.14. The second kappa shape index (κ2) is 9.18. The van der Waals surface area contributed by atoms with Crippen molar-refractivity contribution in [2.45, 2.75) is 32.1 Å².